The first kappa shape index (κ1) is 21.8. The van der Waals surface area contributed by atoms with Gasteiger partial charge in [-0.05, 0) is 49.1 Å². The Labute approximate surface area is 176 Å². The molecule has 0 spiro atoms. The monoisotopic (exact) mass is 436 g/mol. The molecule has 1 unspecified atom stereocenters. The van der Waals surface area contributed by atoms with Crippen molar-refractivity contribution >= 4 is 27.5 Å². The fraction of sp³-hybridized carbons (Fsp3) is 0.381. The van der Waals surface area contributed by atoms with Crippen LogP contribution in [-0.4, -0.2) is 51.0 Å². The minimum absolute atomic E-state index is 0.00425. The van der Waals surface area contributed by atoms with Gasteiger partial charge in [0.2, 0.25) is 15.9 Å². The molecule has 6 nitrogen and oxygen atoms in total. The average Bonchev–Trinajstić information content (AvgIpc) is 3.24. The third-order valence-corrected chi connectivity index (χ3v) is 6.93. The molecule has 8 heteroatoms. The number of benzene rings is 2. The van der Waals surface area contributed by atoms with Crippen molar-refractivity contribution in [2.45, 2.75) is 30.3 Å². The van der Waals surface area contributed by atoms with Crippen LogP contribution in [0.4, 0.5) is 0 Å². The summed E-state index contributed by atoms with van der Waals surface area (Å²) in [7, 11) is -3.84. The maximum atomic E-state index is 13.1. The molecule has 0 bridgehead atoms. The third-order valence-electron chi connectivity index (χ3n) is 4.81. The Morgan fingerprint density at radius 1 is 1.14 bits per heavy atom. The Kier molecular flexibility index (Phi) is 7.66. The highest BCUT2D eigenvalue weighted by Crippen LogP contribution is 2.19. The average molecular weight is 437 g/mol. The van der Waals surface area contributed by atoms with Crippen molar-refractivity contribution in [3.8, 4) is 0 Å². The van der Waals surface area contributed by atoms with Crippen molar-refractivity contribution < 1.29 is 17.9 Å². The summed E-state index contributed by atoms with van der Waals surface area (Å²) >= 11 is 5.89. The lowest BCUT2D eigenvalue weighted by molar-refractivity contribution is -0.121. The molecule has 1 amide bonds. The summed E-state index contributed by atoms with van der Waals surface area (Å²) in [6.45, 7) is 1.05. The number of nitrogens with zero attached hydrogens (tertiary/aromatic N) is 1. The lowest BCUT2D eigenvalue weighted by Gasteiger charge is -2.22. The maximum absolute atomic E-state index is 13.1. The van der Waals surface area contributed by atoms with Gasteiger partial charge in [0.25, 0.3) is 0 Å². The quantitative estimate of drug-likeness (QED) is 0.655. The molecule has 2 aromatic rings. The van der Waals surface area contributed by atoms with E-state index in [9.17, 15) is 13.2 Å². The molecular formula is C21H25ClN2O4S. The zero-order valence-corrected chi connectivity index (χ0v) is 17.7. The normalized spacial score (nSPS) is 16.8. The molecule has 29 heavy (non-hydrogen) atoms. The minimum atomic E-state index is -3.84. The van der Waals surface area contributed by atoms with Crippen LogP contribution in [0.2, 0.25) is 5.02 Å². The molecule has 0 radical (unpaired) electrons. The third kappa shape index (κ3) is 6.27. The summed E-state index contributed by atoms with van der Waals surface area (Å²) in [5.74, 6) is -0.342. The van der Waals surface area contributed by atoms with Crippen LogP contribution in [0.1, 0.15) is 18.4 Å². The Bertz CT molecular complexity index is 898. The van der Waals surface area contributed by atoms with Gasteiger partial charge in [-0.3, -0.25) is 4.79 Å². The number of hydrogen-bond acceptors (Lipinski definition) is 4. The van der Waals surface area contributed by atoms with Crippen LogP contribution < -0.4 is 5.32 Å². The van der Waals surface area contributed by atoms with Crippen molar-refractivity contribution in [1.82, 2.24) is 9.62 Å². The van der Waals surface area contributed by atoms with Crippen LogP contribution in [0.15, 0.2) is 59.5 Å². The van der Waals surface area contributed by atoms with Gasteiger partial charge in [-0.25, -0.2) is 8.42 Å². The van der Waals surface area contributed by atoms with Crippen LogP contribution in [0, 0.1) is 0 Å². The zero-order chi connectivity index (χ0) is 20.7. The molecule has 1 aliphatic heterocycles. The van der Waals surface area contributed by atoms with Gasteiger partial charge in [-0.1, -0.05) is 41.9 Å². The maximum Gasteiger partial charge on any atom is 0.243 e. The number of amides is 1. The molecular weight excluding hydrogens is 412 g/mol. The Balaban J connectivity index is 1.71. The largest absolute Gasteiger partial charge is 0.376 e. The summed E-state index contributed by atoms with van der Waals surface area (Å²) in [5.41, 5.74) is 1.00. The number of carbonyl (C=O) groups excluding carboxylic acids is 1. The smallest absolute Gasteiger partial charge is 0.243 e. The number of rotatable bonds is 9. The highest BCUT2D eigenvalue weighted by atomic mass is 35.5. The van der Waals surface area contributed by atoms with Crippen LogP contribution in [0.3, 0.4) is 0 Å². The van der Waals surface area contributed by atoms with Gasteiger partial charge >= 0.3 is 0 Å². The minimum Gasteiger partial charge on any atom is -0.376 e. The Morgan fingerprint density at radius 2 is 1.86 bits per heavy atom. The summed E-state index contributed by atoms with van der Waals surface area (Å²) in [6, 6.07) is 15.6. The number of hydrogen-bond donors (Lipinski definition) is 1. The SMILES string of the molecule is O=C(CN(CCc1ccccc1)S(=O)(=O)c1ccc(Cl)cc1)NCC1CCCO1. The van der Waals surface area contributed by atoms with E-state index in [2.05, 4.69) is 5.32 Å². The molecule has 1 atom stereocenters. The molecule has 1 heterocycles. The molecule has 3 rings (SSSR count). The molecule has 1 fully saturated rings. The standard InChI is InChI=1S/C21H25ClN2O4S/c22-18-8-10-20(11-9-18)29(26,27)24(13-12-17-5-2-1-3-6-17)16-21(25)23-15-19-7-4-14-28-19/h1-3,5-6,8-11,19H,4,7,12-16H2,(H,23,25). The Hall–Kier alpha value is -1.93. The van der Waals surface area contributed by atoms with Crippen molar-refractivity contribution in [2.24, 2.45) is 0 Å². The first-order valence-corrected chi connectivity index (χ1v) is 11.4. The van der Waals surface area contributed by atoms with E-state index in [0.717, 1.165) is 18.4 Å². The van der Waals surface area contributed by atoms with Crippen molar-refractivity contribution in [3.05, 3.63) is 65.2 Å². The van der Waals surface area contributed by atoms with E-state index in [1.165, 1.54) is 28.6 Å². The predicted octanol–water partition coefficient (Wildman–Crippen LogP) is 2.87. The van der Waals surface area contributed by atoms with E-state index in [-0.39, 0.29) is 30.0 Å². The van der Waals surface area contributed by atoms with Crippen LogP contribution >= 0.6 is 11.6 Å². The van der Waals surface area contributed by atoms with Gasteiger partial charge in [0.05, 0.1) is 17.5 Å². The molecule has 156 valence electrons. The van der Waals surface area contributed by atoms with E-state index < -0.39 is 10.0 Å². The molecule has 1 aliphatic rings. The van der Waals surface area contributed by atoms with E-state index in [1.807, 2.05) is 30.3 Å². The van der Waals surface area contributed by atoms with Crippen molar-refractivity contribution in [2.75, 3.05) is 26.2 Å². The van der Waals surface area contributed by atoms with Crippen LogP contribution in [0.25, 0.3) is 0 Å². The summed E-state index contributed by atoms with van der Waals surface area (Å²) in [4.78, 5) is 12.6. The number of halogens is 1. The van der Waals surface area contributed by atoms with Crippen LogP contribution in [-0.2, 0) is 26.0 Å². The van der Waals surface area contributed by atoms with Crippen LogP contribution in [0.5, 0.6) is 0 Å². The van der Waals surface area contributed by atoms with E-state index in [0.29, 0.717) is 24.6 Å². The molecule has 0 aromatic heterocycles. The number of carbonyl (C=O) groups is 1. The first-order valence-electron chi connectivity index (χ1n) is 9.63. The molecule has 0 saturated carbocycles. The zero-order valence-electron chi connectivity index (χ0n) is 16.1. The number of sulfonamides is 1. The topological polar surface area (TPSA) is 75.7 Å². The summed E-state index contributed by atoms with van der Waals surface area (Å²) < 4.78 is 33.0. The highest BCUT2D eigenvalue weighted by molar-refractivity contribution is 7.89. The second kappa shape index (κ2) is 10.2. The second-order valence-electron chi connectivity index (χ2n) is 6.97. The van der Waals surface area contributed by atoms with Crippen molar-refractivity contribution in [1.29, 1.82) is 0 Å². The van der Waals surface area contributed by atoms with Gasteiger partial charge in [0.15, 0.2) is 0 Å². The molecule has 1 N–H and O–H groups in total. The molecule has 0 aliphatic carbocycles. The summed E-state index contributed by atoms with van der Waals surface area (Å²) in [6.07, 6.45) is 2.40. The van der Waals surface area contributed by atoms with Gasteiger partial charge in [0.1, 0.15) is 0 Å². The highest BCUT2D eigenvalue weighted by Gasteiger charge is 2.27. The fourth-order valence-electron chi connectivity index (χ4n) is 3.19. The van der Waals surface area contributed by atoms with E-state index >= 15 is 0 Å². The second-order valence-corrected chi connectivity index (χ2v) is 9.34. The number of ether oxygens (including phenoxy) is 1. The first-order chi connectivity index (χ1) is 13.9. The van der Waals surface area contributed by atoms with Gasteiger partial charge < -0.3 is 10.1 Å². The predicted molar refractivity (Wildman–Crippen MR) is 112 cm³/mol. The lowest BCUT2D eigenvalue weighted by atomic mass is 10.1. The molecule has 1 saturated heterocycles. The van der Waals surface area contributed by atoms with Gasteiger partial charge in [-0.15, -0.1) is 0 Å². The van der Waals surface area contributed by atoms with Gasteiger partial charge in [-0.2, -0.15) is 4.31 Å². The fourth-order valence-corrected chi connectivity index (χ4v) is 4.71. The van der Waals surface area contributed by atoms with Gasteiger partial charge in [0, 0.05) is 24.7 Å². The van der Waals surface area contributed by atoms with Crippen molar-refractivity contribution in [3.63, 3.8) is 0 Å². The van der Waals surface area contributed by atoms with E-state index in [1.54, 1.807) is 0 Å². The lowest BCUT2D eigenvalue weighted by Crippen LogP contribution is -2.43. The van der Waals surface area contributed by atoms with E-state index in [4.69, 9.17) is 16.3 Å². The summed E-state index contributed by atoms with van der Waals surface area (Å²) in [5, 5.41) is 3.25. The number of nitrogens with one attached hydrogen (secondary N) is 1. The molecule has 2 aromatic carbocycles. The Morgan fingerprint density at radius 3 is 2.52 bits per heavy atom.